The Hall–Kier alpha value is -0.720. The number of hydrogen-bond acceptors (Lipinski definition) is 4. The molecule has 0 amide bonds. The molecule has 4 nitrogen and oxygen atoms in total. The number of nitrogen functional groups attached to an aromatic ring is 1. The fourth-order valence-corrected chi connectivity index (χ4v) is 3.57. The van der Waals surface area contributed by atoms with Gasteiger partial charge in [-0.3, -0.25) is 0 Å². The first-order valence-corrected chi connectivity index (χ1v) is 8.81. The zero-order valence-electron chi connectivity index (χ0n) is 10.7. The molecular weight excluding hydrogens is 268 g/mol. The third-order valence-corrected chi connectivity index (χ3v) is 4.59. The van der Waals surface area contributed by atoms with Crippen molar-refractivity contribution in [3.63, 3.8) is 0 Å². The summed E-state index contributed by atoms with van der Waals surface area (Å²) in [7, 11) is -3.28. The molecule has 0 aliphatic rings. The summed E-state index contributed by atoms with van der Waals surface area (Å²) < 4.78 is 26.5. The van der Waals surface area contributed by atoms with Crippen molar-refractivity contribution in [3.05, 3.63) is 29.8 Å². The highest BCUT2D eigenvalue weighted by molar-refractivity contribution is 7.98. The molecule has 1 atom stereocenters. The molecule has 0 spiro atoms. The number of rotatable bonds is 7. The first kappa shape index (κ1) is 15.3. The van der Waals surface area contributed by atoms with Crippen LogP contribution in [0.25, 0.3) is 0 Å². The molecule has 1 unspecified atom stereocenters. The lowest BCUT2D eigenvalue weighted by molar-refractivity contribution is 0.556. The van der Waals surface area contributed by atoms with Crippen LogP contribution in [0.15, 0.2) is 24.3 Å². The normalized spacial score (nSPS) is 13.4. The van der Waals surface area contributed by atoms with Gasteiger partial charge in [0.05, 0.1) is 5.75 Å². The van der Waals surface area contributed by atoms with Crippen LogP contribution in [-0.4, -0.2) is 26.5 Å². The Labute approximate surface area is 113 Å². The van der Waals surface area contributed by atoms with Crippen molar-refractivity contribution in [2.75, 3.05) is 17.7 Å². The van der Waals surface area contributed by atoms with Gasteiger partial charge in [-0.1, -0.05) is 12.1 Å². The summed E-state index contributed by atoms with van der Waals surface area (Å²) in [5.74, 6) is 0.947. The number of sulfonamides is 1. The van der Waals surface area contributed by atoms with Crippen LogP contribution in [0, 0.1) is 0 Å². The fourth-order valence-electron chi connectivity index (χ4n) is 1.54. The predicted molar refractivity (Wildman–Crippen MR) is 79.1 cm³/mol. The molecule has 3 N–H and O–H groups in total. The molecule has 18 heavy (non-hydrogen) atoms. The molecule has 0 saturated heterocycles. The van der Waals surface area contributed by atoms with E-state index in [9.17, 15) is 8.42 Å². The van der Waals surface area contributed by atoms with Crippen LogP contribution >= 0.6 is 11.8 Å². The van der Waals surface area contributed by atoms with E-state index in [-0.39, 0.29) is 11.8 Å². The average molecular weight is 288 g/mol. The van der Waals surface area contributed by atoms with Crippen LogP contribution in [0.1, 0.15) is 18.9 Å². The average Bonchev–Trinajstić information content (AvgIpc) is 2.28. The van der Waals surface area contributed by atoms with Gasteiger partial charge in [0.25, 0.3) is 0 Å². The Morgan fingerprint density at radius 3 is 2.50 bits per heavy atom. The molecule has 0 fully saturated rings. The summed E-state index contributed by atoms with van der Waals surface area (Å²) in [5, 5.41) is 0. The zero-order valence-corrected chi connectivity index (χ0v) is 12.4. The minimum atomic E-state index is -3.28. The third kappa shape index (κ3) is 5.75. The highest BCUT2D eigenvalue weighted by Gasteiger charge is 2.14. The Balaban J connectivity index is 2.56. The minimum Gasteiger partial charge on any atom is -0.399 e. The van der Waals surface area contributed by atoms with Gasteiger partial charge >= 0.3 is 0 Å². The van der Waals surface area contributed by atoms with Crippen LogP contribution in [0.3, 0.4) is 0 Å². The van der Waals surface area contributed by atoms with E-state index >= 15 is 0 Å². The van der Waals surface area contributed by atoms with Crippen LogP contribution in [-0.2, 0) is 15.8 Å². The van der Waals surface area contributed by atoms with Crippen LogP contribution in [0.4, 0.5) is 5.69 Å². The minimum absolute atomic E-state index is 0.00309. The zero-order chi connectivity index (χ0) is 13.6. The summed E-state index contributed by atoms with van der Waals surface area (Å²) in [6.45, 7) is 1.89. The van der Waals surface area contributed by atoms with E-state index in [1.54, 1.807) is 36.0 Å². The molecule has 6 heteroatoms. The van der Waals surface area contributed by atoms with Crippen molar-refractivity contribution in [2.24, 2.45) is 0 Å². The SMILES string of the molecule is CSCCC(C)NS(=O)(=O)Cc1ccc(N)cc1. The Bertz CT molecular complexity index is 457. The van der Waals surface area contributed by atoms with Crippen molar-refractivity contribution in [3.8, 4) is 0 Å². The maximum atomic E-state index is 11.9. The van der Waals surface area contributed by atoms with Gasteiger partial charge in [-0.15, -0.1) is 0 Å². The van der Waals surface area contributed by atoms with Gasteiger partial charge in [0.2, 0.25) is 10.0 Å². The quantitative estimate of drug-likeness (QED) is 0.751. The number of thioether (sulfide) groups is 1. The first-order valence-electron chi connectivity index (χ1n) is 5.76. The third-order valence-electron chi connectivity index (χ3n) is 2.47. The number of benzene rings is 1. The molecule has 0 heterocycles. The van der Waals surface area contributed by atoms with E-state index in [0.717, 1.165) is 17.7 Å². The summed E-state index contributed by atoms with van der Waals surface area (Å²) in [4.78, 5) is 0. The number of nitrogens with one attached hydrogen (secondary N) is 1. The summed E-state index contributed by atoms with van der Waals surface area (Å²) in [5.41, 5.74) is 6.94. The summed E-state index contributed by atoms with van der Waals surface area (Å²) >= 11 is 1.71. The lowest BCUT2D eigenvalue weighted by Crippen LogP contribution is -2.33. The van der Waals surface area contributed by atoms with Gasteiger partial charge in [0.1, 0.15) is 0 Å². The molecule has 0 aliphatic carbocycles. The predicted octanol–water partition coefficient (Wildman–Crippen LogP) is 1.83. The van der Waals surface area contributed by atoms with E-state index < -0.39 is 10.0 Å². The smallest absolute Gasteiger partial charge is 0.216 e. The molecular formula is C12H20N2O2S2. The molecule has 0 radical (unpaired) electrons. The first-order chi connectivity index (χ1) is 8.43. The molecule has 0 bridgehead atoms. The van der Waals surface area contributed by atoms with Crippen molar-refractivity contribution in [2.45, 2.75) is 25.1 Å². The molecule has 0 aliphatic heterocycles. The molecule has 0 saturated carbocycles. The van der Waals surface area contributed by atoms with Gasteiger partial charge in [0, 0.05) is 11.7 Å². The van der Waals surface area contributed by atoms with Crippen LogP contribution in [0.5, 0.6) is 0 Å². The fraction of sp³-hybridized carbons (Fsp3) is 0.500. The van der Waals surface area contributed by atoms with Crippen LogP contribution in [0.2, 0.25) is 0 Å². The second-order valence-electron chi connectivity index (χ2n) is 4.30. The molecule has 1 aromatic carbocycles. The van der Waals surface area contributed by atoms with Crippen molar-refractivity contribution >= 4 is 27.5 Å². The topological polar surface area (TPSA) is 72.2 Å². The molecule has 102 valence electrons. The van der Waals surface area contributed by atoms with Gasteiger partial charge in [-0.25, -0.2) is 13.1 Å². The van der Waals surface area contributed by atoms with Gasteiger partial charge in [0.15, 0.2) is 0 Å². The second-order valence-corrected chi connectivity index (χ2v) is 7.04. The van der Waals surface area contributed by atoms with E-state index in [1.165, 1.54) is 0 Å². The van der Waals surface area contributed by atoms with E-state index in [4.69, 9.17) is 5.73 Å². The highest BCUT2D eigenvalue weighted by atomic mass is 32.2. The summed E-state index contributed by atoms with van der Waals surface area (Å²) in [6.07, 6.45) is 2.84. The van der Waals surface area contributed by atoms with Gasteiger partial charge in [-0.05, 0) is 43.0 Å². The Morgan fingerprint density at radius 1 is 1.33 bits per heavy atom. The highest BCUT2D eigenvalue weighted by Crippen LogP contribution is 2.10. The maximum absolute atomic E-state index is 11.9. The van der Waals surface area contributed by atoms with E-state index in [2.05, 4.69) is 4.72 Å². The van der Waals surface area contributed by atoms with E-state index in [1.807, 2.05) is 13.2 Å². The molecule has 0 aromatic heterocycles. The Morgan fingerprint density at radius 2 is 1.94 bits per heavy atom. The number of hydrogen-bond donors (Lipinski definition) is 2. The summed E-state index contributed by atoms with van der Waals surface area (Å²) in [6, 6.07) is 6.86. The van der Waals surface area contributed by atoms with Crippen molar-refractivity contribution in [1.82, 2.24) is 4.72 Å². The van der Waals surface area contributed by atoms with Crippen molar-refractivity contribution in [1.29, 1.82) is 0 Å². The number of nitrogens with two attached hydrogens (primary N) is 1. The van der Waals surface area contributed by atoms with Crippen molar-refractivity contribution < 1.29 is 8.42 Å². The monoisotopic (exact) mass is 288 g/mol. The standard InChI is InChI=1S/C12H20N2O2S2/c1-10(7-8-17-2)14-18(15,16)9-11-3-5-12(13)6-4-11/h3-6,10,14H,7-9,13H2,1-2H3. The molecule has 1 aromatic rings. The lowest BCUT2D eigenvalue weighted by atomic mass is 10.2. The molecule has 1 rings (SSSR count). The second kappa shape index (κ2) is 7.01. The Kier molecular flexibility index (Phi) is 5.98. The lowest BCUT2D eigenvalue weighted by Gasteiger charge is -2.13. The maximum Gasteiger partial charge on any atom is 0.216 e. The van der Waals surface area contributed by atoms with Crippen LogP contribution < -0.4 is 10.5 Å². The number of anilines is 1. The van der Waals surface area contributed by atoms with Gasteiger partial charge < -0.3 is 5.73 Å². The van der Waals surface area contributed by atoms with Gasteiger partial charge in [-0.2, -0.15) is 11.8 Å². The van der Waals surface area contributed by atoms with E-state index in [0.29, 0.717) is 5.69 Å². The largest absolute Gasteiger partial charge is 0.399 e.